The molecule has 1 fully saturated rings. The summed E-state index contributed by atoms with van der Waals surface area (Å²) < 4.78 is 11.2. The van der Waals surface area contributed by atoms with E-state index in [1.807, 2.05) is 54.6 Å². The number of terminal acetylenes is 1. The molecule has 26 heavy (non-hydrogen) atoms. The highest BCUT2D eigenvalue weighted by molar-refractivity contribution is 5.94. The van der Waals surface area contributed by atoms with Crippen molar-refractivity contribution in [3.63, 3.8) is 0 Å². The molecular weight excluding hydrogens is 326 g/mol. The van der Waals surface area contributed by atoms with E-state index in [0.717, 1.165) is 29.7 Å². The van der Waals surface area contributed by atoms with Gasteiger partial charge in [-0.3, -0.25) is 4.79 Å². The minimum absolute atomic E-state index is 0.0534. The molecule has 1 saturated heterocycles. The standard InChI is InChI=1S/C22H23NO3/c1-2-18-9-6-10-20(15-18)23(16-19-7-4-3-5-8-19)22(24)17-26-21-11-13-25-14-12-21/h1,3-10,15,21H,11-14,16-17H2. The van der Waals surface area contributed by atoms with Gasteiger partial charge in [0.25, 0.3) is 5.91 Å². The second kappa shape index (κ2) is 9.19. The average molecular weight is 349 g/mol. The topological polar surface area (TPSA) is 38.8 Å². The first-order valence-electron chi connectivity index (χ1n) is 8.86. The van der Waals surface area contributed by atoms with Crippen LogP contribution in [0.3, 0.4) is 0 Å². The Morgan fingerprint density at radius 3 is 2.65 bits per heavy atom. The number of benzene rings is 2. The van der Waals surface area contributed by atoms with Gasteiger partial charge in [0.1, 0.15) is 6.61 Å². The summed E-state index contributed by atoms with van der Waals surface area (Å²) in [6, 6.07) is 17.4. The molecule has 134 valence electrons. The number of hydrogen-bond donors (Lipinski definition) is 0. The van der Waals surface area contributed by atoms with Gasteiger partial charge in [-0.05, 0) is 36.6 Å². The SMILES string of the molecule is C#Cc1cccc(N(Cc2ccccc2)C(=O)COC2CCOCC2)c1. The van der Waals surface area contributed by atoms with Crippen LogP contribution in [0, 0.1) is 12.3 Å². The predicted octanol–water partition coefficient (Wildman–Crippen LogP) is 3.40. The Balaban J connectivity index is 1.75. The summed E-state index contributed by atoms with van der Waals surface area (Å²) in [5.74, 6) is 2.55. The van der Waals surface area contributed by atoms with Crippen molar-refractivity contribution in [3.8, 4) is 12.3 Å². The van der Waals surface area contributed by atoms with E-state index in [0.29, 0.717) is 19.8 Å². The fraction of sp³-hybridized carbons (Fsp3) is 0.318. The zero-order chi connectivity index (χ0) is 18.2. The van der Waals surface area contributed by atoms with Gasteiger partial charge in [0.2, 0.25) is 0 Å². The van der Waals surface area contributed by atoms with Crippen molar-refractivity contribution in [2.24, 2.45) is 0 Å². The van der Waals surface area contributed by atoms with Crippen LogP contribution >= 0.6 is 0 Å². The van der Waals surface area contributed by atoms with Gasteiger partial charge in [0.15, 0.2) is 0 Å². The molecule has 1 aliphatic heterocycles. The molecule has 0 bridgehead atoms. The smallest absolute Gasteiger partial charge is 0.253 e. The molecule has 0 saturated carbocycles. The number of carbonyl (C=O) groups is 1. The minimum Gasteiger partial charge on any atom is -0.381 e. The van der Waals surface area contributed by atoms with Gasteiger partial charge in [-0.25, -0.2) is 0 Å². The molecule has 0 spiro atoms. The van der Waals surface area contributed by atoms with Crippen molar-refractivity contribution in [2.75, 3.05) is 24.7 Å². The van der Waals surface area contributed by atoms with Gasteiger partial charge in [0.05, 0.1) is 12.6 Å². The molecule has 4 heteroatoms. The molecule has 3 rings (SSSR count). The second-order valence-corrected chi connectivity index (χ2v) is 6.28. The lowest BCUT2D eigenvalue weighted by molar-refractivity contribution is -0.127. The van der Waals surface area contributed by atoms with Crippen LogP contribution in [-0.4, -0.2) is 31.8 Å². The lowest BCUT2D eigenvalue weighted by Gasteiger charge is -2.26. The summed E-state index contributed by atoms with van der Waals surface area (Å²) in [6.45, 7) is 1.91. The molecule has 0 atom stereocenters. The van der Waals surface area contributed by atoms with Crippen LogP contribution in [0.1, 0.15) is 24.0 Å². The number of rotatable bonds is 6. The molecular formula is C22H23NO3. The lowest BCUT2D eigenvalue weighted by Crippen LogP contribution is -2.36. The summed E-state index contributed by atoms with van der Waals surface area (Å²) in [5.41, 5.74) is 2.58. The average Bonchev–Trinajstić information content (AvgIpc) is 2.72. The van der Waals surface area contributed by atoms with E-state index in [-0.39, 0.29) is 18.6 Å². The third-order valence-electron chi connectivity index (χ3n) is 4.42. The van der Waals surface area contributed by atoms with Crippen LogP contribution in [0.15, 0.2) is 54.6 Å². The summed E-state index contributed by atoms with van der Waals surface area (Å²) in [5, 5.41) is 0. The van der Waals surface area contributed by atoms with Gasteiger partial charge < -0.3 is 14.4 Å². The number of ether oxygens (including phenoxy) is 2. The van der Waals surface area contributed by atoms with Crippen molar-refractivity contribution in [1.29, 1.82) is 0 Å². The zero-order valence-corrected chi connectivity index (χ0v) is 14.8. The third kappa shape index (κ3) is 4.95. The van der Waals surface area contributed by atoms with Crippen molar-refractivity contribution in [2.45, 2.75) is 25.5 Å². The van der Waals surface area contributed by atoms with Crippen molar-refractivity contribution < 1.29 is 14.3 Å². The maximum atomic E-state index is 12.9. The van der Waals surface area contributed by atoms with Gasteiger partial charge in [-0.1, -0.05) is 42.3 Å². The van der Waals surface area contributed by atoms with E-state index >= 15 is 0 Å². The summed E-state index contributed by atoms with van der Waals surface area (Å²) in [6.07, 6.45) is 7.26. The van der Waals surface area contributed by atoms with Crippen molar-refractivity contribution >= 4 is 11.6 Å². The second-order valence-electron chi connectivity index (χ2n) is 6.28. The summed E-state index contributed by atoms with van der Waals surface area (Å²) in [7, 11) is 0. The number of anilines is 1. The first kappa shape index (κ1) is 18.2. The fourth-order valence-electron chi connectivity index (χ4n) is 2.96. The van der Waals surface area contributed by atoms with Crippen molar-refractivity contribution in [1.82, 2.24) is 0 Å². The maximum absolute atomic E-state index is 12.9. The first-order valence-corrected chi connectivity index (χ1v) is 8.86. The Kier molecular flexibility index (Phi) is 6.43. The summed E-state index contributed by atoms with van der Waals surface area (Å²) >= 11 is 0. The van der Waals surface area contributed by atoms with Gasteiger partial charge >= 0.3 is 0 Å². The Bertz CT molecular complexity index is 760. The summed E-state index contributed by atoms with van der Waals surface area (Å²) in [4.78, 5) is 14.6. The highest BCUT2D eigenvalue weighted by Crippen LogP contribution is 2.20. The molecule has 1 heterocycles. The zero-order valence-electron chi connectivity index (χ0n) is 14.8. The Labute approximate surface area is 154 Å². The molecule has 2 aromatic rings. The first-order chi connectivity index (χ1) is 12.8. The molecule has 0 aliphatic carbocycles. The molecule has 1 aliphatic rings. The largest absolute Gasteiger partial charge is 0.381 e. The monoisotopic (exact) mass is 349 g/mol. The van der Waals surface area contributed by atoms with Gasteiger partial charge in [-0.2, -0.15) is 0 Å². The molecule has 0 unspecified atom stereocenters. The normalized spacial score (nSPS) is 14.6. The number of nitrogens with zero attached hydrogens (tertiary/aromatic N) is 1. The van der Waals surface area contributed by atoms with Crippen molar-refractivity contribution in [3.05, 3.63) is 65.7 Å². The molecule has 4 nitrogen and oxygen atoms in total. The van der Waals surface area contributed by atoms with E-state index in [9.17, 15) is 4.79 Å². The molecule has 0 radical (unpaired) electrons. The van der Waals surface area contributed by atoms with Crippen LogP contribution in [0.4, 0.5) is 5.69 Å². The Morgan fingerprint density at radius 2 is 1.92 bits per heavy atom. The van der Waals surface area contributed by atoms with Crippen LogP contribution < -0.4 is 4.90 Å². The predicted molar refractivity (Wildman–Crippen MR) is 102 cm³/mol. The van der Waals surface area contributed by atoms with Gasteiger partial charge in [0, 0.05) is 24.5 Å². The van der Waals surface area contributed by atoms with E-state index in [2.05, 4.69) is 5.92 Å². The van der Waals surface area contributed by atoms with E-state index < -0.39 is 0 Å². The van der Waals surface area contributed by atoms with E-state index in [1.54, 1.807) is 4.90 Å². The minimum atomic E-state index is -0.0745. The molecule has 0 N–H and O–H groups in total. The molecule has 1 amide bonds. The number of amides is 1. The number of hydrogen-bond acceptors (Lipinski definition) is 3. The van der Waals surface area contributed by atoms with Gasteiger partial charge in [-0.15, -0.1) is 6.42 Å². The molecule has 2 aromatic carbocycles. The third-order valence-corrected chi connectivity index (χ3v) is 4.42. The van der Waals surface area contributed by atoms with E-state index in [4.69, 9.17) is 15.9 Å². The Hall–Kier alpha value is -2.61. The fourth-order valence-corrected chi connectivity index (χ4v) is 2.96. The van der Waals surface area contributed by atoms with E-state index in [1.165, 1.54) is 0 Å². The quantitative estimate of drug-likeness (QED) is 0.751. The highest BCUT2D eigenvalue weighted by atomic mass is 16.5. The van der Waals surface area contributed by atoms with Crippen LogP contribution in [0.5, 0.6) is 0 Å². The maximum Gasteiger partial charge on any atom is 0.253 e. The van der Waals surface area contributed by atoms with Crippen LogP contribution in [0.25, 0.3) is 0 Å². The lowest BCUT2D eigenvalue weighted by atomic mass is 10.1. The van der Waals surface area contributed by atoms with Crippen LogP contribution in [-0.2, 0) is 20.8 Å². The van der Waals surface area contributed by atoms with Crippen LogP contribution in [0.2, 0.25) is 0 Å². The highest BCUT2D eigenvalue weighted by Gasteiger charge is 2.20. The molecule has 0 aromatic heterocycles. The Morgan fingerprint density at radius 1 is 1.15 bits per heavy atom. The number of carbonyl (C=O) groups excluding carboxylic acids is 1.